The number of aryl methyl sites for hydroxylation is 2. The third-order valence-electron chi connectivity index (χ3n) is 9.15. The van der Waals surface area contributed by atoms with Crippen molar-refractivity contribution in [3.63, 3.8) is 0 Å². The average molecular weight is 1020 g/mol. The number of carbonyl (C=O) groups excluding carboxylic acids is 3. The zero-order chi connectivity index (χ0) is 45.9. The predicted molar refractivity (Wildman–Crippen MR) is 214 cm³/mol. The fourth-order valence-electron chi connectivity index (χ4n) is 6.32. The summed E-state index contributed by atoms with van der Waals surface area (Å²) in [5.74, 6) is -3.68. The van der Waals surface area contributed by atoms with Crippen LogP contribution < -0.4 is 139 Å². The van der Waals surface area contributed by atoms with Crippen molar-refractivity contribution in [1.82, 2.24) is 0 Å². The molecule has 29 heteroatoms. The molecule has 6 aromatic carbocycles. The Balaban J connectivity index is 0.00000374. The Morgan fingerprint density at radius 1 is 0.455 bits per heavy atom. The molecule has 0 unspecified atom stereocenters. The predicted octanol–water partition coefficient (Wildman–Crippen LogP) is -8.20. The molecule has 0 aromatic heterocycles. The van der Waals surface area contributed by atoms with E-state index in [1.165, 1.54) is 50.2 Å². The average Bonchev–Trinajstić information content (AvgIpc) is 3.14. The van der Waals surface area contributed by atoms with Crippen LogP contribution in [0.25, 0.3) is 21.5 Å². The van der Waals surface area contributed by atoms with E-state index in [0.29, 0.717) is 35.4 Å². The summed E-state index contributed by atoms with van der Waals surface area (Å²) in [7, 11) is -21.1. The molecule has 0 aliphatic rings. The largest absolute Gasteiger partial charge is 1.00 e. The molecule has 6 aromatic rings. The van der Waals surface area contributed by atoms with Gasteiger partial charge >= 0.3 is 124 Å². The Hall–Kier alpha value is -2.71. The van der Waals surface area contributed by atoms with Crippen LogP contribution in [0.3, 0.4) is 0 Å². The number of carbonyl (C=O) groups is 3. The first kappa shape index (κ1) is 59.4. The number of benzene rings is 6. The maximum absolute atomic E-state index is 13.5. The molecule has 6 rings (SSSR count). The van der Waals surface area contributed by atoms with Crippen LogP contribution in [0.1, 0.15) is 31.8 Å². The molecule has 0 saturated carbocycles. The molecule has 66 heavy (non-hydrogen) atoms. The normalized spacial score (nSPS) is 11.5. The summed E-state index contributed by atoms with van der Waals surface area (Å²) in [6, 6.07) is 12.9. The number of aromatic hydroxyl groups is 2. The third kappa shape index (κ3) is 13.3. The second kappa shape index (κ2) is 22.4. The molecule has 0 radical (unpaired) electrons. The number of amides is 4. The van der Waals surface area contributed by atoms with Crippen LogP contribution in [-0.4, -0.2) is 79.9 Å². The molecule has 0 aliphatic heterocycles. The summed E-state index contributed by atoms with van der Waals surface area (Å²) in [6.07, 6.45) is 0. The Kier molecular flexibility index (Phi) is 20.1. The smallest absolute Gasteiger partial charge is 0.744 e. The standard InChI is InChI=1S/C37H30N4O17S4.4Na/c1-17-3-5-19(11-23(17)35(44)40-27-7-9-31(61(53,54)55)25-13-21(59(47,48)49)15-29(42)33(25)27)38-37(46)39-20-6-4-18(2)24(12-20)36(45)41-28-8-10-32(62(56,57)58)26-14-22(60(50,51)52)16-30(43)34(26)28;;;;/h3-16,42-43H,1-2H3,(H,40,44)(H,41,45)(H2,38,39,46)(H,47,48,49)(H,50,51,52)(H,53,54,55)(H,56,57,58);;;;/q;4*+1/p-4. The zero-order valence-corrected chi connectivity index (χ0v) is 46.5. The van der Waals surface area contributed by atoms with Crippen molar-refractivity contribution in [1.29, 1.82) is 0 Å². The number of rotatable bonds is 10. The van der Waals surface area contributed by atoms with Crippen LogP contribution in [0.15, 0.2) is 105 Å². The van der Waals surface area contributed by atoms with Gasteiger partial charge in [0, 0.05) is 44.0 Å². The molecule has 0 spiro atoms. The van der Waals surface area contributed by atoms with Gasteiger partial charge in [0.2, 0.25) is 0 Å². The van der Waals surface area contributed by atoms with Gasteiger partial charge in [0.25, 0.3) is 11.8 Å². The molecule has 0 fully saturated rings. The summed E-state index contributed by atoms with van der Waals surface area (Å²) in [5.41, 5.74) is 0.0338. The molecule has 0 atom stereocenters. The maximum Gasteiger partial charge on any atom is 1.00 e. The van der Waals surface area contributed by atoms with E-state index in [4.69, 9.17) is 0 Å². The number of phenols is 2. The molecular weight excluding hydrogens is 993 g/mol. The number of nitrogens with one attached hydrogen (secondary N) is 4. The van der Waals surface area contributed by atoms with Crippen molar-refractivity contribution in [3.8, 4) is 11.5 Å². The van der Waals surface area contributed by atoms with E-state index in [1.807, 2.05) is 0 Å². The van der Waals surface area contributed by atoms with Gasteiger partial charge in [0.1, 0.15) is 52.0 Å². The van der Waals surface area contributed by atoms with Crippen molar-refractivity contribution in [2.24, 2.45) is 0 Å². The molecule has 4 amide bonds. The first-order chi connectivity index (χ1) is 28.6. The SMILES string of the molecule is Cc1ccc(NC(=O)Nc2ccc(C)c(C(=O)Nc3ccc(S(=O)(=O)[O-])c4cc(S(=O)(=O)[O-])cc(O)c34)c2)cc1C(=O)Nc1ccc(S(=O)(=O)[O-])c2cc(S(=O)(=O)[O-])cc(O)c12.[Na+].[Na+].[Na+].[Na+]. The minimum absolute atomic E-state index is 0. The minimum Gasteiger partial charge on any atom is -0.744 e. The number of anilines is 4. The zero-order valence-electron chi connectivity index (χ0n) is 35.2. The van der Waals surface area contributed by atoms with E-state index in [2.05, 4.69) is 21.3 Å². The fourth-order valence-corrected chi connectivity index (χ4v) is 8.68. The second-order valence-corrected chi connectivity index (χ2v) is 18.8. The number of fused-ring (bicyclic) bond motifs is 2. The van der Waals surface area contributed by atoms with Crippen LogP contribution in [0.4, 0.5) is 27.5 Å². The van der Waals surface area contributed by atoms with E-state index in [-0.39, 0.29) is 152 Å². The molecule has 6 N–H and O–H groups in total. The van der Waals surface area contributed by atoms with Gasteiger partial charge in [0.05, 0.1) is 31.0 Å². The number of phenolic OH excluding ortho intramolecular Hbond substituents is 2. The van der Waals surface area contributed by atoms with Crippen molar-refractivity contribution in [2.75, 3.05) is 21.3 Å². The number of urea groups is 1. The Labute approximate surface area is 464 Å². The van der Waals surface area contributed by atoms with Gasteiger partial charge < -0.3 is 49.7 Å². The quantitative estimate of drug-likeness (QED) is 0.0548. The molecule has 0 saturated heterocycles. The summed E-state index contributed by atoms with van der Waals surface area (Å²) in [6.45, 7) is 3.04. The van der Waals surface area contributed by atoms with Crippen LogP contribution in [0.5, 0.6) is 11.5 Å². The van der Waals surface area contributed by atoms with Crippen molar-refractivity contribution < 1.29 is 195 Å². The van der Waals surface area contributed by atoms with Gasteiger partial charge in [-0.25, -0.2) is 38.5 Å². The van der Waals surface area contributed by atoms with Gasteiger partial charge in [-0.15, -0.1) is 0 Å². The van der Waals surface area contributed by atoms with Gasteiger partial charge in [-0.05, 0) is 97.8 Å². The van der Waals surface area contributed by atoms with Crippen LogP contribution in [0.2, 0.25) is 0 Å². The van der Waals surface area contributed by atoms with Gasteiger partial charge in [-0.3, -0.25) is 9.59 Å². The summed E-state index contributed by atoms with van der Waals surface area (Å²) >= 11 is 0. The first-order valence-electron chi connectivity index (χ1n) is 17.0. The van der Waals surface area contributed by atoms with Crippen molar-refractivity contribution >= 4 is 103 Å². The van der Waals surface area contributed by atoms with Crippen molar-refractivity contribution in [3.05, 3.63) is 107 Å². The Morgan fingerprint density at radius 2 is 0.788 bits per heavy atom. The second-order valence-electron chi connectivity index (χ2n) is 13.3. The molecule has 0 aliphatic carbocycles. The molecular formula is C37H26N4Na4O17S4. The van der Waals surface area contributed by atoms with E-state index >= 15 is 0 Å². The first-order valence-corrected chi connectivity index (χ1v) is 22.6. The van der Waals surface area contributed by atoms with Crippen LogP contribution in [-0.2, 0) is 40.5 Å². The number of hydrogen-bond acceptors (Lipinski definition) is 17. The minimum atomic E-state index is -5.29. The van der Waals surface area contributed by atoms with E-state index < -0.39 is 111 Å². The topological polar surface area (TPSA) is 369 Å². The van der Waals surface area contributed by atoms with Gasteiger partial charge in [-0.1, -0.05) is 12.1 Å². The van der Waals surface area contributed by atoms with Crippen molar-refractivity contribution in [2.45, 2.75) is 33.4 Å². The summed E-state index contributed by atoms with van der Waals surface area (Å²) < 4.78 is 142. The van der Waals surface area contributed by atoms with Crippen LogP contribution >= 0.6 is 0 Å². The molecule has 0 heterocycles. The fraction of sp³-hybridized carbons (Fsp3) is 0.0541. The van der Waals surface area contributed by atoms with Crippen LogP contribution in [0, 0.1) is 13.8 Å². The number of hydrogen-bond donors (Lipinski definition) is 6. The summed E-state index contributed by atoms with van der Waals surface area (Å²) in [4.78, 5) is 36.1. The van der Waals surface area contributed by atoms with E-state index in [1.54, 1.807) is 0 Å². The monoisotopic (exact) mass is 1020 g/mol. The molecule has 324 valence electrons. The van der Waals surface area contributed by atoms with Gasteiger partial charge in [-0.2, -0.15) is 0 Å². The van der Waals surface area contributed by atoms with E-state index in [0.717, 1.165) is 24.3 Å². The Bertz CT molecular complexity index is 3210. The maximum atomic E-state index is 13.5. The third-order valence-corrected chi connectivity index (χ3v) is 12.6. The molecule has 0 bridgehead atoms. The van der Waals surface area contributed by atoms with Gasteiger partial charge in [0.15, 0.2) is 0 Å². The molecule has 21 nitrogen and oxygen atoms in total. The summed E-state index contributed by atoms with van der Waals surface area (Å²) in [5, 5.41) is 28.8. The Morgan fingerprint density at radius 3 is 1.09 bits per heavy atom. The van der Waals surface area contributed by atoms with E-state index in [9.17, 15) is 76.5 Å².